The third-order valence-corrected chi connectivity index (χ3v) is 4.84. The molecular weight excluding hydrogens is 319 g/mol. The van der Waals surface area contributed by atoms with E-state index in [-0.39, 0.29) is 29.7 Å². The number of carbonyl (C=O) groups is 1. The first kappa shape index (κ1) is 16.9. The topological polar surface area (TPSA) is 69.0 Å². The summed E-state index contributed by atoms with van der Waals surface area (Å²) in [5.74, 6) is 0.00539. The van der Waals surface area contributed by atoms with Crippen molar-refractivity contribution < 1.29 is 9.18 Å². The molecule has 0 saturated heterocycles. The van der Waals surface area contributed by atoms with Crippen LogP contribution in [-0.4, -0.2) is 16.9 Å². The SMILES string of the molecule is CC(=O)N1c2ccc(F)cc2C(Nc2ncccc2C#N)C(C)C1C. The Morgan fingerprint density at radius 2 is 2.12 bits per heavy atom. The number of benzene rings is 1. The summed E-state index contributed by atoms with van der Waals surface area (Å²) in [6, 6.07) is 9.57. The molecule has 1 aliphatic heterocycles. The molecule has 0 bridgehead atoms. The molecule has 0 saturated carbocycles. The number of carbonyl (C=O) groups excluding carboxylic acids is 1. The van der Waals surface area contributed by atoms with Gasteiger partial charge in [-0.1, -0.05) is 6.92 Å². The van der Waals surface area contributed by atoms with E-state index in [0.717, 1.165) is 0 Å². The van der Waals surface area contributed by atoms with Gasteiger partial charge in [0.25, 0.3) is 0 Å². The molecule has 0 radical (unpaired) electrons. The Labute approximate surface area is 146 Å². The number of aromatic nitrogens is 1. The molecule has 2 heterocycles. The molecule has 1 aromatic heterocycles. The van der Waals surface area contributed by atoms with Crippen molar-refractivity contribution in [2.24, 2.45) is 5.92 Å². The lowest BCUT2D eigenvalue weighted by Gasteiger charge is -2.44. The van der Waals surface area contributed by atoms with Crippen LogP contribution in [0.3, 0.4) is 0 Å². The first-order valence-corrected chi connectivity index (χ1v) is 8.15. The lowest BCUT2D eigenvalue weighted by atomic mass is 9.82. The Kier molecular flexibility index (Phi) is 4.41. The monoisotopic (exact) mass is 338 g/mol. The van der Waals surface area contributed by atoms with E-state index in [1.54, 1.807) is 29.3 Å². The minimum Gasteiger partial charge on any atom is -0.362 e. The van der Waals surface area contributed by atoms with E-state index >= 15 is 0 Å². The van der Waals surface area contributed by atoms with Crippen molar-refractivity contribution in [3.8, 4) is 6.07 Å². The van der Waals surface area contributed by atoms with Gasteiger partial charge in [0.15, 0.2) is 0 Å². The minimum absolute atomic E-state index is 0.00764. The summed E-state index contributed by atoms with van der Waals surface area (Å²) >= 11 is 0. The van der Waals surface area contributed by atoms with E-state index in [4.69, 9.17) is 0 Å². The highest BCUT2D eigenvalue weighted by Gasteiger charge is 2.38. The largest absolute Gasteiger partial charge is 0.362 e. The predicted molar refractivity (Wildman–Crippen MR) is 93.5 cm³/mol. The number of rotatable bonds is 2. The predicted octanol–water partition coefficient (Wildman–Crippen LogP) is 3.64. The first-order chi connectivity index (χ1) is 11.9. The molecule has 1 amide bonds. The molecule has 3 unspecified atom stereocenters. The van der Waals surface area contributed by atoms with Crippen LogP contribution >= 0.6 is 0 Å². The van der Waals surface area contributed by atoms with Crippen LogP contribution in [0.15, 0.2) is 36.5 Å². The second kappa shape index (κ2) is 6.52. The van der Waals surface area contributed by atoms with Crippen LogP contribution < -0.4 is 10.2 Å². The van der Waals surface area contributed by atoms with Gasteiger partial charge in [-0.25, -0.2) is 9.37 Å². The number of hydrogen-bond donors (Lipinski definition) is 1. The fourth-order valence-corrected chi connectivity index (χ4v) is 3.43. The minimum atomic E-state index is -0.364. The van der Waals surface area contributed by atoms with Crippen molar-refractivity contribution in [3.63, 3.8) is 0 Å². The lowest BCUT2D eigenvalue weighted by molar-refractivity contribution is -0.117. The van der Waals surface area contributed by atoms with Crippen molar-refractivity contribution in [2.75, 3.05) is 10.2 Å². The average molecular weight is 338 g/mol. The van der Waals surface area contributed by atoms with E-state index in [0.29, 0.717) is 22.6 Å². The van der Waals surface area contributed by atoms with Gasteiger partial charge in [-0.05, 0) is 37.3 Å². The summed E-state index contributed by atoms with van der Waals surface area (Å²) in [6.07, 6.45) is 1.61. The van der Waals surface area contributed by atoms with Crippen LogP contribution in [0.25, 0.3) is 0 Å². The Bertz CT molecular complexity index is 861. The van der Waals surface area contributed by atoms with Crippen LogP contribution in [0.1, 0.15) is 37.9 Å². The molecule has 1 aliphatic rings. The van der Waals surface area contributed by atoms with Gasteiger partial charge >= 0.3 is 0 Å². The van der Waals surface area contributed by atoms with Gasteiger partial charge in [0.2, 0.25) is 5.91 Å². The number of anilines is 2. The molecule has 1 N–H and O–H groups in total. The first-order valence-electron chi connectivity index (χ1n) is 8.15. The summed E-state index contributed by atoms with van der Waals surface area (Å²) in [6.45, 7) is 5.48. The highest BCUT2D eigenvalue weighted by Crippen LogP contribution is 2.42. The Hall–Kier alpha value is -2.94. The van der Waals surface area contributed by atoms with E-state index in [2.05, 4.69) is 16.4 Å². The van der Waals surface area contributed by atoms with Crippen molar-refractivity contribution >= 4 is 17.4 Å². The fourth-order valence-electron chi connectivity index (χ4n) is 3.43. The Balaban J connectivity index is 2.10. The molecular formula is C19H19FN4O. The van der Waals surface area contributed by atoms with Gasteiger partial charge in [-0.3, -0.25) is 4.79 Å². The molecule has 1 aromatic carbocycles. The highest BCUT2D eigenvalue weighted by molar-refractivity contribution is 5.94. The number of pyridine rings is 1. The van der Waals surface area contributed by atoms with Crippen molar-refractivity contribution in [1.29, 1.82) is 5.26 Å². The van der Waals surface area contributed by atoms with Crippen molar-refractivity contribution in [1.82, 2.24) is 4.98 Å². The zero-order valence-electron chi connectivity index (χ0n) is 14.3. The molecule has 0 spiro atoms. The summed E-state index contributed by atoms with van der Waals surface area (Å²) in [7, 11) is 0. The van der Waals surface area contributed by atoms with E-state index in [1.807, 2.05) is 13.8 Å². The number of nitriles is 1. The second-order valence-electron chi connectivity index (χ2n) is 6.33. The highest BCUT2D eigenvalue weighted by atomic mass is 19.1. The van der Waals surface area contributed by atoms with Gasteiger partial charge in [-0.15, -0.1) is 0 Å². The van der Waals surface area contributed by atoms with Gasteiger partial charge in [-0.2, -0.15) is 5.26 Å². The Morgan fingerprint density at radius 3 is 2.80 bits per heavy atom. The average Bonchev–Trinajstić information content (AvgIpc) is 2.59. The summed E-state index contributed by atoms with van der Waals surface area (Å²) in [5, 5.41) is 12.6. The quantitative estimate of drug-likeness (QED) is 0.908. The number of fused-ring (bicyclic) bond motifs is 1. The molecule has 3 atom stereocenters. The lowest BCUT2D eigenvalue weighted by Crippen LogP contribution is -2.48. The molecule has 5 nitrogen and oxygen atoms in total. The molecule has 0 fully saturated rings. The maximum absolute atomic E-state index is 13.9. The second-order valence-corrected chi connectivity index (χ2v) is 6.33. The maximum Gasteiger partial charge on any atom is 0.224 e. The molecule has 25 heavy (non-hydrogen) atoms. The van der Waals surface area contributed by atoms with Crippen LogP contribution in [0.4, 0.5) is 15.9 Å². The Morgan fingerprint density at radius 1 is 1.36 bits per heavy atom. The standard InChI is InChI=1S/C19H19FN4O/c1-11-12(2)24(13(3)25)17-7-6-15(20)9-16(17)18(11)23-19-14(10-21)5-4-8-22-19/h4-9,11-12,18H,1-3H3,(H,22,23). The number of hydrogen-bond acceptors (Lipinski definition) is 4. The molecule has 6 heteroatoms. The zero-order chi connectivity index (χ0) is 18.1. The number of nitrogens with one attached hydrogen (secondary N) is 1. The van der Waals surface area contributed by atoms with Gasteiger partial charge in [0.05, 0.1) is 11.6 Å². The smallest absolute Gasteiger partial charge is 0.224 e. The molecule has 2 aromatic rings. The third kappa shape index (κ3) is 2.93. The van der Waals surface area contributed by atoms with Crippen molar-refractivity contribution in [2.45, 2.75) is 32.9 Å². The molecule has 3 rings (SSSR count). The molecule has 0 aliphatic carbocycles. The van der Waals surface area contributed by atoms with Crippen LogP contribution in [0, 0.1) is 23.1 Å². The van der Waals surface area contributed by atoms with Crippen LogP contribution in [0.2, 0.25) is 0 Å². The number of nitrogens with zero attached hydrogens (tertiary/aromatic N) is 3. The zero-order valence-corrected chi connectivity index (χ0v) is 14.3. The summed E-state index contributed by atoms with van der Waals surface area (Å²) in [4.78, 5) is 18.1. The van der Waals surface area contributed by atoms with E-state index < -0.39 is 0 Å². The van der Waals surface area contributed by atoms with Crippen LogP contribution in [-0.2, 0) is 4.79 Å². The summed E-state index contributed by atoms with van der Waals surface area (Å²) < 4.78 is 13.9. The van der Waals surface area contributed by atoms with Gasteiger partial charge in [0, 0.05) is 36.3 Å². The fraction of sp³-hybridized carbons (Fsp3) is 0.316. The van der Waals surface area contributed by atoms with Gasteiger partial charge in [0.1, 0.15) is 17.7 Å². The van der Waals surface area contributed by atoms with E-state index in [9.17, 15) is 14.4 Å². The number of halogens is 1. The van der Waals surface area contributed by atoms with Crippen molar-refractivity contribution in [3.05, 3.63) is 53.5 Å². The number of amides is 1. The molecule has 128 valence electrons. The third-order valence-electron chi connectivity index (χ3n) is 4.84. The van der Waals surface area contributed by atoms with Crippen LogP contribution in [0.5, 0.6) is 0 Å². The van der Waals surface area contributed by atoms with E-state index in [1.165, 1.54) is 19.1 Å². The summed E-state index contributed by atoms with van der Waals surface area (Å²) in [5.41, 5.74) is 1.80. The normalized spacial score (nSPS) is 22.0. The van der Waals surface area contributed by atoms with Gasteiger partial charge < -0.3 is 10.2 Å². The maximum atomic E-state index is 13.9.